The monoisotopic (exact) mass is 1010 g/mol. The van der Waals surface area contributed by atoms with Gasteiger partial charge in [-0.3, -0.25) is 0 Å². The molecule has 368 valence electrons. The van der Waals surface area contributed by atoms with Crippen LogP contribution in [0, 0.1) is 45.7 Å². The second kappa shape index (κ2) is 16.2. The van der Waals surface area contributed by atoms with Crippen LogP contribution >= 0.6 is 0 Å². The van der Waals surface area contributed by atoms with Crippen molar-refractivity contribution in [1.29, 1.82) is 5.26 Å². The third-order valence-electron chi connectivity index (χ3n) is 16.3. The molecule has 16 rings (SSSR count). The van der Waals surface area contributed by atoms with E-state index in [-0.39, 0.29) is 22.3 Å². The molecule has 0 atom stereocenters. The number of benzene rings is 11. The highest BCUT2D eigenvalue weighted by Gasteiger charge is 2.36. The Labute approximate surface area is 462 Å². The Balaban J connectivity index is 1.29. The molecule has 0 unspecified atom stereocenters. The standard InChI is InChI=1S/C72H50N6/c1-42-26-31-63-52(36-42)47-16-6-11-21-58(47)74(63)68-57(41-73)69(75-59-22-12-7-17-48(59)53-37-43(2)27-32-64(53)75)71(77-61-24-14-9-19-50(61)55-39-45(4)29-34-66(55)77)72(78-62-25-15-10-20-51(62)56-40-46(5)30-35-67(56)78)70(68)76-60-23-13-8-18-49(60)54-38-44(3)28-33-65(54)76/h6-40H,1-5H3/i1D3,2D3,3D3. The molecule has 0 bridgehead atoms. The molecule has 0 fully saturated rings. The maximum Gasteiger partial charge on any atom is 0.105 e. The fourth-order valence-electron chi connectivity index (χ4n) is 13.2. The van der Waals surface area contributed by atoms with E-state index in [1.807, 2.05) is 115 Å². The summed E-state index contributed by atoms with van der Waals surface area (Å²) in [5, 5.41) is 21.4. The van der Waals surface area contributed by atoms with Gasteiger partial charge in [0.1, 0.15) is 11.6 Å². The van der Waals surface area contributed by atoms with E-state index in [9.17, 15) is 5.26 Å². The number of nitrogens with zero attached hydrogens (tertiary/aromatic N) is 6. The normalized spacial score (nSPS) is 14.3. The van der Waals surface area contributed by atoms with Crippen LogP contribution in [0.1, 0.15) is 45.7 Å². The van der Waals surface area contributed by atoms with Gasteiger partial charge in [0.25, 0.3) is 0 Å². The zero-order valence-corrected chi connectivity index (χ0v) is 42.4. The smallest absolute Gasteiger partial charge is 0.105 e. The van der Waals surface area contributed by atoms with Crippen molar-refractivity contribution in [3.8, 4) is 34.5 Å². The van der Waals surface area contributed by atoms with Gasteiger partial charge in [-0.1, -0.05) is 149 Å². The predicted octanol–water partition coefficient (Wildman–Crippen LogP) is 18.6. The van der Waals surface area contributed by atoms with Crippen molar-refractivity contribution in [3.05, 3.63) is 246 Å². The van der Waals surface area contributed by atoms with Gasteiger partial charge in [-0.2, -0.15) is 5.26 Å². The Morgan fingerprint density at radius 2 is 0.487 bits per heavy atom. The summed E-state index contributed by atoms with van der Waals surface area (Å²) in [5.74, 6) is 0. The van der Waals surface area contributed by atoms with Gasteiger partial charge in [0.15, 0.2) is 0 Å². The van der Waals surface area contributed by atoms with E-state index < -0.39 is 20.6 Å². The number of hydrogen-bond acceptors (Lipinski definition) is 1. The third-order valence-corrected chi connectivity index (χ3v) is 16.3. The molecule has 0 saturated carbocycles. The van der Waals surface area contributed by atoms with Gasteiger partial charge in [-0.15, -0.1) is 0 Å². The Kier molecular flexibility index (Phi) is 7.48. The molecule has 0 amide bonds. The zero-order valence-electron chi connectivity index (χ0n) is 51.4. The third kappa shape index (κ3) is 5.96. The summed E-state index contributed by atoms with van der Waals surface area (Å²) >= 11 is 0. The average Bonchev–Trinajstić information content (AvgIpc) is 1.61. The molecule has 0 saturated heterocycles. The first-order valence-electron chi connectivity index (χ1n) is 30.7. The van der Waals surface area contributed by atoms with Crippen LogP contribution in [0.25, 0.3) is 137 Å². The van der Waals surface area contributed by atoms with Crippen LogP contribution in [0.4, 0.5) is 0 Å². The van der Waals surface area contributed by atoms with Crippen LogP contribution in [-0.2, 0) is 0 Å². The molecule has 11 aromatic carbocycles. The van der Waals surface area contributed by atoms with Crippen molar-refractivity contribution in [2.24, 2.45) is 0 Å². The molecule has 0 aliphatic heterocycles. The van der Waals surface area contributed by atoms with E-state index in [2.05, 4.69) is 103 Å². The van der Waals surface area contributed by atoms with Gasteiger partial charge in [-0.25, -0.2) is 0 Å². The van der Waals surface area contributed by atoms with Gasteiger partial charge in [0, 0.05) is 66.2 Å². The fourth-order valence-corrected chi connectivity index (χ4v) is 13.2. The number of aryl methyl sites for hydroxylation is 5. The first kappa shape index (κ1) is 36.0. The van der Waals surface area contributed by atoms with Crippen LogP contribution in [0.5, 0.6) is 0 Å². The van der Waals surface area contributed by atoms with Crippen molar-refractivity contribution in [1.82, 2.24) is 22.8 Å². The Morgan fingerprint density at radius 1 is 0.269 bits per heavy atom. The highest BCUT2D eigenvalue weighted by Crippen LogP contribution is 2.52. The van der Waals surface area contributed by atoms with E-state index in [4.69, 9.17) is 12.3 Å². The number of hydrogen-bond donors (Lipinski definition) is 0. The molecule has 6 nitrogen and oxygen atoms in total. The quantitative estimate of drug-likeness (QED) is 0.169. The summed E-state index contributed by atoms with van der Waals surface area (Å²) in [5.41, 5.74) is 13.1. The van der Waals surface area contributed by atoms with E-state index in [1.165, 1.54) is 0 Å². The summed E-state index contributed by atoms with van der Waals surface area (Å²) in [4.78, 5) is 0. The van der Waals surface area contributed by atoms with Crippen molar-refractivity contribution >= 4 is 109 Å². The predicted molar refractivity (Wildman–Crippen MR) is 327 cm³/mol. The molecule has 0 spiro atoms. The van der Waals surface area contributed by atoms with E-state index in [0.29, 0.717) is 72.2 Å². The maximum atomic E-state index is 13.1. The van der Waals surface area contributed by atoms with Gasteiger partial charge in [0.2, 0.25) is 0 Å². The van der Waals surface area contributed by atoms with Crippen LogP contribution in [0.2, 0.25) is 0 Å². The number of nitriles is 1. The molecular formula is C72H50N6. The van der Waals surface area contributed by atoms with E-state index in [1.54, 1.807) is 36.4 Å². The fraction of sp³-hybridized carbons (Fsp3) is 0.0694. The number of para-hydroxylation sites is 5. The van der Waals surface area contributed by atoms with E-state index >= 15 is 0 Å². The molecule has 6 heteroatoms. The van der Waals surface area contributed by atoms with Crippen LogP contribution < -0.4 is 0 Å². The van der Waals surface area contributed by atoms with Crippen LogP contribution in [0.3, 0.4) is 0 Å². The average molecular weight is 1010 g/mol. The van der Waals surface area contributed by atoms with Crippen molar-refractivity contribution in [3.63, 3.8) is 0 Å². The minimum Gasteiger partial charge on any atom is -0.306 e. The molecule has 5 heterocycles. The molecule has 0 aliphatic carbocycles. The molecule has 0 radical (unpaired) electrons. The lowest BCUT2D eigenvalue weighted by Gasteiger charge is -2.30. The molecule has 16 aromatic rings. The Bertz CT molecular complexity index is 5710. The summed E-state index contributed by atoms with van der Waals surface area (Å²) in [6.45, 7) is -3.17. The highest BCUT2D eigenvalue weighted by molar-refractivity contribution is 6.18. The SMILES string of the molecule is [2H]C([2H])([2H])c1ccc2c(c1)c1ccccc1n2-c1c(C#N)c(-n2c3ccccc3c3cc(C([2H])([2H])[2H])ccc32)c(-n2c3ccccc3c3cc(C([2H])([2H])[2H])ccc32)c(-n2c3ccccc3c3cc(C)ccc32)c1-n1c2ccccc2c2cc(C)ccc21. The van der Waals surface area contributed by atoms with Gasteiger partial charge < -0.3 is 22.8 Å². The lowest BCUT2D eigenvalue weighted by Crippen LogP contribution is -2.18. The van der Waals surface area contributed by atoms with Crippen molar-refractivity contribution in [2.75, 3.05) is 0 Å². The number of rotatable bonds is 5. The largest absolute Gasteiger partial charge is 0.306 e. The minimum absolute atomic E-state index is 0.159. The first-order valence-corrected chi connectivity index (χ1v) is 26.2. The Morgan fingerprint density at radius 3 is 0.756 bits per heavy atom. The molecule has 0 aliphatic rings. The second-order valence-electron chi connectivity index (χ2n) is 20.7. The summed E-state index contributed by atoms with van der Waals surface area (Å²) in [7, 11) is 0. The number of fused-ring (bicyclic) bond motifs is 15. The maximum absolute atomic E-state index is 13.1. The first-order chi connectivity index (χ1) is 41.9. The van der Waals surface area contributed by atoms with Gasteiger partial charge in [-0.05, 0) is 125 Å². The topological polar surface area (TPSA) is 48.4 Å². The van der Waals surface area contributed by atoms with Gasteiger partial charge >= 0.3 is 0 Å². The zero-order chi connectivity index (χ0) is 59.7. The summed E-state index contributed by atoms with van der Waals surface area (Å²) < 4.78 is 89.4. The molecule has 78 heavy (non-hydrogen) atoms. The van der Waals surface area contributed by atoms with Crippen molar-refractivity contribution < 1.29 is 12.3 Å². The molecule has 0 N–H and O–H groups in total. The second-order valence-corrected chi connectivity index (χ2v) is 20.7. The summed E-state index contributed by atoms with van der Waals surface area (Å²) in [6, 6.07) is 72.2. The van der Waals surface area contributed by atoms with Gasteiger partial charge in [0.05, 0.1) is 83.6 Å². The van der Waals surface area contributed by atoms with Crippen LogP contribution in [0.15, 0.2) is 212 Å². The number of aromatic nitrogens is 5. The van der Waals surface area contributed by atoms with E-state index in [0.717, 1.165) is 76.4 Å². The summed E-state index contributed by atoms with van der Waals surface area (Å²) in [6.07, 6.45) is 0. The highest BCUT2D eigenvalue weighted by atomic mass is 15.2. The Hall–Kier alpha value is -10.1. The molecular weight excluding hydrogens is 949 g/mol. The minimum atomic E-state index is -2.45. The molecule has 5 aromatic heterocycles. The lowest BCUT2D eigenvalue weighted by atomic mass is 10.0. The van der Waals surface area contributed by atoms with Crippen LogP contribution in [-0.4, -0.2) is 22.8 Å². The van der Waals surface area contributed by atoms with Crippen molar-refractivity contribution in [2.45, 2.75) is 34.4 Å². The lowest BCUT2D eigenvalue weighted by molar-refractivity contribution is 0.992.